The highest BCUT2D eigenvalue weighted by atomic mass is 35.5. The average Bonchev–Trinajstić information content (AvgIpc) is 2.48. The number of nitrogens with zero attached hydrogens (tertiary/aromatic N) is 1. The molecule has 108 valence electrons. The van der Waals surface area contributed by atoms with E-state index in [0.29, 0.717) is 25.2 Å². The smallest absolute Gasteiger partial charge is 0.254 e. The minimum absolute atomic E-state index is 0.0774. The lowest BCUT2D eigenvalue weighted by atomic mass is 10.1. The van der Waals surface area contributed by atoms with Gasteiger partial charge in [-0.3, -0.25) is 9.59 Å². The number of phenolic OH excluding ortho intramolecular Hbond substituents is 1. The Kier molecular flexibility index (Phi) is 4.46. The molecular formula is C13H16ClN3O3. The van der Waals surface area contributed by atoms with Gasteiger partial charge >= 0.3 is 0 Å². The van der Waals surface area contributed by atoms with Gasteiger partial charge in [0, 0.05) is 32.2 Å². The maximum absolute atomic E-state index is 12.5. The van der Waals surface area contributed by atoms with Crippen molar-refractivity contribution in [2.75, 3.05) is 26.7 Å². The molecule has 7 heteroatoms. The predicted octanol–water partition coefficient (Wildman–Crippen LogP) is 0.206. The minimum Gasteiger partial charge on any atom is -0.506 e. The van der Waals surface area contributed by atoms with Gasteiger partial charge in [0.15, 0.2) is 0 Å². The largest absolute Gasteiger partial charge is 0.506 e. The second-order valence-electron chi connectivity index (χ2n) is 4.50. The first-order chi connectivity index (χ1) is 9.54. The first-order valence-corrected chi connectivity index (χ1v) is 6.64. The van der Waals surface area contributed by atoms with Gasteiger partial charge in [-0.2, -0.15) is 0 Å². The average molecular weight is 298 g/mol. The van der Waals surface area contributed by atoms with Gasteiger partial charge in [-0.05, 0) is 18.2 Å². The van der Waals surface area contributed by atoms with Crippen LogP contribution >= 0.6 is 11.6 Å². The molecule has 0 radical (unpaired) electrons. The number of hydrogen-bond donors (Lipinski definition) is 3. The number of nitrogens with one attached hydrogen (secondary N) is 2. The molecule has 3 N–H and O–H groups in total. The van der Waals surface area contributed by atoms with Crippen LogP contribution in [0.4, 0.5) is 0 Å². The molecule has 0 spiro atoms. The third kappa shape index (κ3) is 2.86. The van der Waals surface area contributed by atoms with Crippen molar-refractivity contribution in [1.82, 2.24) is 15.5 Å². The first-order valence-electron chi connectivity index (χ1n) is 6.26. The lowest BCUT2D eigenvalue weighted by Crippen LogP contribution is -2.59. The summed E-state index contributed by atoms with van der Waals surface area (Å²) in [7, 11) is 1.54. The maximum atomic E-state index is 12.5. The van der Waals surface area contributed by atoms with Crippen LogP contribution in [0.15, 0.2) is 18.2 Å². The Morgan fingerprint density at radius 3 is 2.90 bits per heavy atom. The molecule has 1 atom stereocenters. The summed E-state index contributed by atoms with van der Waals surface area (Å²) in [4.78, 5) is 25.8. The topological polar surface area (TPSA) is 81.7 Å². The highest BCUT2D eigenvalue weighted by Gasteiger charge is 2.32. The zero-order valence-electron chi connectivity index (χ0n) is 11.0. The molecule has 0 aliphatic carbocycles. The molecule has 0 aromatic heterocycles. The monoisotopic (exact) mass is 297 g/mol. The van der Waals surface area contributed by atoms with Gasteiger partial charge in [-0.1, -0.05) is 11.6 Å². The van der Waals surface area contributed by atoms with Gasteiger partial charge in [-0.25, -0.2) is 0 Å². The van der Waals surface area contributed by atoms with Gasteiger partial charge in [0.05, 0.1) is 5.02 Å². The second-order valence-corrected chi connectivity index (χ2v) is 4.91. The van der Waals surface area contributed by atoms with E-state index in [2.05, 4.69) is 10.6 Å². The molecule has 1 aliphatic rings. The number of likely N-dealkylation sites (N-methyl/N-ethyl adjacent to an activating group) is 1. The molecule has 0 saturated carbocycles. The van der Waals surface area contributed by atoms with Crippen LogP contribution in [0.2, 0.25) is 5.02 Å². The van der Waals surface area contributed by atoms with Crippen LogP contribution in [0.1, 0.15) is 10.4 Å². The summed E-state index contributed by atoms with van der Waals surface area (Å²) in [5, 5.41) is 15.1. The van der Waals surface area contributed by atoms with Crippen molar-refractivity contribution in [2.45, 2.75) is 6.04 Å². The van der Waals surface area contributed by atoms with E-state index in [1.165, 1.54) is 30.1 Å². The van der Waals surface area contributed by atoms with Crippen molar-refractivity contribution in [2.24, 2.45) is 0 Å². The van der Waals surface area contributed by atoms with E-state index in [0.717, 1.165) is 0 Å². The standard InChI is InChI=1S/C13H16ClN3O3/c1-15-12(19)10-7-16-4-5-17(10)13(20)8-2-3-11(18)9(14)6-8/h2-3,6,10,16,18H,4-5,7H2,1H3,(H,15,19). The molecule has 1 heterocycles. The molecule has 1 unspecified atom stereocenters. The molecule has 1 aromatic carbocycles. The Hall–Kier alpha value is -1.79. The van der Waals surface area contributed by atoms with Crippen LogP contribution in [-0.4, -0.2) is 54.5 Å². The zero-order chi connectivity index (χ0) is 14.7. The molecule has 2 rings (SSSR count). The minimum atomic E-state index is -0.547. The fraction of sp³-hybridized carbons (Fsp3) is 0.385. The number of phenols is 1. The van der Waals surface area contributed by atoms with Gasteiger partial charge in [-0.15, -0.1) is 0 Å². The number of halogens is 1. The summed E-state index contributed by atoms with van der Waals surface area (Å²) in [5.74, 6) is -0.566. The van der Waals surface area contributed by atoms with Gasteiger partial charge in [0.25, 0.3) is 5.91 Å². The molecule has 1 saturated heterocycles. The summed E-state index contributed by atoms with van der Waals surface area (Å²) in [6.45, 7) is 1.48. The molecule has 0 bridgehead atoms. The van der Waals surface area contributed by atoms with E-state index < -0.39 is 6.04 Å². The van der Waals surface area contributed by atoms with E-state index in [9.17, 15) is 14.7 Å². The van der Waals surface area contributed by atoms with Crippen LogP contribution in [0, 0.1) is 0 Å². The zero-order valence-corrected chi connectivity index (χ0v) is 11.8. The quantitative estimate of drug-likeness (QED) is 0.729. The van der Waals surface area contributed by atoms with Gasteiger partial charge in [0.2, 0.25) is 5.91 Å². The van der Waals surface area contributed by atoms with Crippen molar-refractivity contribution < 1.29 is 14.7 Å². The van der Waals surface area contributed by atoms with E-state index in [-0.39, 0.29) is 22.6 Å². The normalized spacial score (nSPS) is 18.7. The fourth-order valence-electron chi connectivity index (χ4n) is 2.15. The molecule has 1 aliphatic heterocycles. The highest BCUT2D eigenvalue weighted by molar-refractivity contribution is 6.32. The second kappa shape index (κ2) is 6.11. The number of rotatable bonds is 2. The van der Waals surface area contributed by atoms with Crippen LogP contribution in [0.3, 0.4) is 0 Å². The molecule has 1 fully saturated rings. The van der Waals surface area contributed by atoms with Crippen LogP contribution in [-0.2, 0) is 4.79 Å². The Bertz CT molecular complexity index is 536. The fourth-order valence-corrected chi connectivity index (χ4v) is 2.33. The van der Waals surface area contributed by atoms with Gasteiger partial charge in [0.1, 0.15) is 11.8 Å². The van der Waals surface area contributed by atoms with E-state index >= 15 is 0 Å². The van der Waals surface area contributed by atoms with E-state index in [1.807, 2.05) is 0 Å². The third-order valence-corrected chi connectivity index (χ3v) is 3.55. The Labute approximate surface area is 121 Å². The van der Waals surface area contributed by atoms with Crippen LogP contribution in [0.25, 0.3) is 0 Å². The summed E-state index contributed by atoms with van der Waals surface area (Å²) in [6.07, 6.45) is 0. The van der Waals surface area contributed by atoms with E-state index in [1.54, 1.807) is 0 Å². The van der Waals surface area contributed by atoms with Crippen LogP contribution in [0.5, 0.6) is 5.75 Å². The number of piperazine rings is 1. The predicted molar refractivity (Wildman–Crippen MR) is 74.9 cm³/mol. The number of amides is 2. The SMILES string of the molecule is CNC(=O)C1CNCCN1C(=O)c1ccc(O)c(Cl)c1. The molecule has 6 nitrogen and oxygen atoms in total. The summed E-state index contributed by atoms with van der Waals surface area (Å²) in [6, 6.07) is 3.72. The molecule has 2 amide bonds. The third-order valence-electron chi connectivity index (χ3n) is 3.25. The van der Waals surface area contributed by atoms with Crippen molar-refractivity contribution in [3.8, 4) is 5.75 Å². The number of hydrogen-bond acceptors (Lipinski definition) is 4. The van der Waals surface area contributed by atoms with Crippen molar-refractivity contribution in [1.29, 1.82) is 0 Å². The Morgan fingerprint density at radius 2 is 2.25 bits per heavy atom. The lowest BCUT2D eigenvalue weighted by molar-refractivity contribution is -0.125. The summed E-state index contributed by atoms with van der Waals surface area (Å²) >= 11 is 5.81. The van der Waals surface area contributed by atoms with Crippen molar-refractivity contribution in [3.63, 3.8) is 0 Å². The number of benzene rings is 1. The Balaban J connectivity index is 2.25. The van der Waals surface area contributed by atoms with Crippen LogP contribution < -0.4 is 10.6 Å². The van der Waals surface area contributed by atoms with Crippen molar-refractivity contribution >= 4 is 23.4 Å². The summed E-state index contributed by atoms with van der Waals surface area (Å²) in [5.41, 5.74) is 0.351. The lowest BCUT2D eigenvalue weighted by Gasteiger charge is -2.35. The summed E-state index contributed by atoms with van der Waals surface area (Å²) < 4.78 is 0. The van der Waals surface area contributed by atoms with E-state index in [4.69, 9.17) is 11.6 Å². The van der Waals surface area contributed by atoms with Gasteiger partial charge < -0.3 is 20.6 Å². The molecular weight excluding hydrogens is 282 g/mol. The van der Waals surface area contributed by atoms with Crippen molar-refractivity contribution in [3.05, 3.63) is 28.8 Å². The molecule has 1 aromatic rings. The highest BCUT2D eigenvalue weighted by Crippen LogP contribution is 2.24. The number of carbonyl (C=O) groups is 2. The Morgan fingerprint density at radius 1 is 1.50 bits per heavy atom. The first kappa shape index (κ1) is 14.6. The number of carbonyl (C=O) groups excluding carboxylic acids is 2. The maximum Gasteiger partial charge on any atom is 0.254 e. The molecule has 20 heavy (non-hydrogen) atoms. The number of aromatic hydroxyl groups is 1.